The van der Waals surface area contributed by atoms with Gasteiger partial charge in [0.1, 0.15) is 0 Å². The number of nitrogens with one attached hydrogen (secondary N) is 1. The van der Waals surface area contributed by atoms with Crippen LogP contribution in [0, 0.1) is 11.8 Å². The zero-order valence-electron chi connectivity index (χ0n) is 11.3. The lowest BCUT2D eigenvalue weighted by Gasteiger charge is -2.36. The van der Waals surface area contributed by atoms with Crippen molar-refractivity contribution in [3.05, 3.63) is 0 Å². The van der Waals surface area contributed by atoms with Gasteiger partial charge in [-0.1, -0.05) is 20.8 Å². The Kier molecular flexibility index (Phi) is 5.92. The molecule has 2 unspecified atom stereocenters. The highest BCUT2D eigenvalue weighted by Gasteiger charge is 2.25. The number of aliphatic carboxylic acids is 1. The summed E-state index contributed by atoms with van der Waals surface area (Å²) in [5, 5.41) is 12.4. The van der Waals surface area contributed by atoms with E-state index in [9.17, 15) is 4.79 Å². The maximum Gasteiger partial charge on any atom is 0.317 e. The van der Waals surface area contributed by atoms with Crippen molar-refractivity contribution >= 4 is 5.97 Å². The molecule has 0 aromatic carbocycles. The van der Waals surface area contributed by atoms with Crippen LogP contribution in [0.15, 0.2) is 0 Å². The molecule has 1 saturated heterocycles. The number of carbonyl (C=O) groups is 1. The highest BCUT2D eigenvalue weighted by Crippen LogP contribution is 2.16. The van der Waals surface area contributed by atoms with E-state index in [2.05, 4.69) is 26.1 Å². The van der Waals surface area contributed by atoms with Gasteiger partial charge in [-0.05, 0) is 31.2 Å². The van der Waals surface area contributed by atoms with Gasteiger partial charge in [0, 0.05) is 19.1 Å². The Bertz CT molecular complexity index is 244. The van der Waals surface area contributed by atoms with E-state index in [1.165, 1.54) is 6.42 Å². The first-order valence-corrected chi connectivity index (χ1v) is 6.65. The third-order valence-corrected chi connectivity index (χ3v) is 3.25. The molecular formula is C13H26N2O2. The van der Waals surface area contributed by atoms with Crippen molar-refractivity contribution < 1.29 is 9.90 Å². The Morgan fingerprint density at radius 2 is 2.18 bits per heavy atom. The van der Waals surface area contributed by atoms with Gasteiger partial charge in [-0.3, -0.25) is 9.69 Å². The number of piperidine rings is 1. The average molecular weight is 242 g/mol. The van der Waals surface area contributed by atoms with Gasteiger partial charge in [-0.25, -0.2) is 0 Å². The maximum atomic E-state index is 10.7. The van der Waals surface area contributed by atoms with Gasteiger partial charge in [-0.2, -0.15) is 0 Å². The third-order valence-electron chi connectivity index (χ3n) is 3.25. The lowest BCUT2D eigenvalue weighted by atomic mass is 9.95. The lowest BCUT2D eigenvalue weighted by molar-refractivity contribution is -0.138. The van der Waals surface area contributed by atoms with Gasteiger partial charge in [0.25, 0.3) is 0 Å². The van der Waals surface area contributed by atoms with Crippen molar-refractivity contribution in [1.29, 1.82) is 0 Å². The molecular weight excluding hydrogens is 216 g/mol. The van der Waals surface area contributed by atoms with Crippen molar-refractivity contribution in [3.63, 3.8) is 0 Å². The van der Waals surface area contributed by atoms with E-state index in [4.69, 9.17) is 5.11 Å². The number of hydrogen-bond acceptors (Lipinski definition) is 3. The van der Waals surface area contributed by atoms with E-state index >= 15 is 0 Å². The molecule has 0 saturated carbocycles. The number of nitrogens with zero attached hydrogens (tertiary/aromatic N) is 1. The highest BCUT2D eigenvalue weighted by atomic mass is 16.4. The minimum atomic E-state index is -0.722. The number of hydrogen-bond donors (Lipinski definition) is 2. The molecule has 0 amide bonds. The molecule has 0 bridgehead atoms. The van der Waals surface area contributed by atoms with Crippen LogP contribution >= 0.6 is 0 Å². The molecule has 0 aliphatic carbocycles. The molecule has 1 heterocycles. The summed E-state index contributed by atoms with van der Waals surface area (Å²) >= 11 is 0. The molecule has 2 N–H and O–H groups in total. The fraction of sp³-hybridized carbons (Fsp3) is 0.923. The summed E-state index contributed by atoms with van der Waals surface area (Å²) in [6.07, 6.45) is 2.35. The van der Waals surface area contributed by atoms with Crippen LogP contribution < -0.4 is 5.32 Å². The van der Waals surface area contributed by atoms with E-state index in [1.807, 2.05) is 4.90 Å². The maximum absolute atomic E-state index is 10.7. The second-order valence-electron chi connectivity index (χ2n) is 5.76. The summed E-state index contributed by atoms with van der Waals surface area (Å²) < 4.78 is 0. The molecule has 4 heteroatoms. The first-order valence-electron chi connectivity index (χ1n) is 6.65. The summed E-state index contributed by atoms with van der Waals surface area (Å²) in [5.74, 6) is 0.582. The highest BCUT2D eigenvalue weighted by molar-refractivity contribution is 5.69. The van der Waals surface area contributed by atoms with Crippen molar-refractivity contribution in [2.24, 2.45) is 11.8 Å². The number of rotatable bonds is 6. The van der Waals surface area contributed by atoms with Crippen LogP contribution in [0.25, 0.3) is 0 Å². The van der Waals surface area contributed by atoms with E-state index in [-0.39, 0.29) is 6.54 Å². The minimum absolute atomic E-state index is 0.173. The van der Waals surface area contributed by atoms with Crippen LogP contribution in [-0.4, -0.2) is 48.2 Å². The van der Waals surface area contributed by atoms with Crippen molar-refractivity contribution in [3.8, 4) is 0 Å². The molecule has 0 aromatic rings. The summed E-state index contributed by atoms with van der Waals surface area (Å²) in [5.41, 5.74) is 0. The predicted octanol–water partition coefficient (Wildman–Crippen LogP) is 1.42. The fourth-order valence-corrected chi connectivity index (χ4v) is 2.51. The average Bonchev–Trinajstić information content (AvgIpc) is 2.14. The van der Waals surface area contributed by atoms with Crippen LogP contribution in [0.1, 0.15) is 33.6 Å². The topological polar surface area (TPSA) is 52.6 Å². The van der Waals surface area contributed by atoms with Gasteiger partial charge >= 0.3 is 5.97 Å². The van der Waals surface area contributed by atoms with Crippen LogP contribution in [0.2, 0.25) is 0 Å². The van der Waals surface area contributed by atoms with Crippen LogP contribution in [0.3, 0.4) is 0 Å². The normalized spacial score (nSPS) is 26.4. The van der Waals surface area contributed by atoms with Gasteiger partial charge < -0.3 is 10.4 Å². The number of carboxylic acids is 1. The fourth-order valence-electron chi connectivity index (χ4n) is 2.51. The zero-order chi connectivity index (χ0) is 12.8. The summed E-state index contributed by atoms with van der Waals surface area (Å²) in [4.78, 5) is 12.8. The Morgan fingerprint density at radius 1 is 1.47 bits per heavy atom. The summed E-state index contributed by atoms with van der Waals surface area (Å²) in [6.45, 7) is 9.64. The quantitative estimate of drug-likeness (QED) is 0.739. The second kappa shape index (κ2) is 6.97. The molecule has 2 atom stereocenters. The molecule has 0 aromatic heterocycles. The molecule has 1 rings (SSSR count). The lowest BCUT2D eigenvalue weighted by Crippen LogP contribution is -2.50. The van der Waals surface area contributed by atoms with Crippen LogP contribution in [-0.2, 0) is 4.79 Å². The van der Waals surface area contributed by atoms with Gasteiger partial charge in [-0.15, -0.1) is 0 Å². The van der Waals surface area contributed by atoms with Crippen molar-refractivity contribution in [2.75, 3.05) is 26.2 Å². The van der Waals surface area contributed by atoms with E-state index in [0.717, 1.165) is 32.0 Å². The molecule has 1 aliphatic heterocycles. The predicted molar refractivity (Wildman–Crippen MR) is 69.1 cm³/mol. The monoisotopic (exact) mass is 242 g/mol. The van der Waals surface area contributed by atoms with E-state index in [0.29, 0.717) is 12.0 Å². The Hall–Kier alpha value is -0.610. The van der Waals surface area contributed by atoms with Gasteiger partial charge in [0.05, 0.1) is 6.54 Å². The van der Waals surface area contributed by atoms with E-state index < -0.39 is 5.97 Å². The van der Waals surface area contributed by atoms with Crippen molar-refractivity contribution in [2.45, 2.75) is 39.7 Å². The summed E-state index contributed by atoms with van der Waals surface area (Å²) in [6, 6.07) is 0.455. The standard InChI is InChI=1S/C13H26N2O2/c1-10(2)4-5-14-12-6-11(3)7-15(8-12)9-13(16)17/h10-12,14H,4-9H2,1-3H3,(H,16,17). The first-order chi connectivity index (χ1) is 7.97. The molecule has 1 fully saturated rings. The molecule has 0 radical (unpaired) electrons. The summed E-state index contributed by atoms with van der Waals surface area (Å²) in [7, 11) is 0. The Balaban J connectivity index is 2.31. The third kappa shape index (κ3) is 6.03. The first kappa shape index (κ1) is 14.5. The van der Waals surface area contributed by atoms with Crippen LogP contribution in [0.5, 0.6) is 0 Å². The Labute approximate surface area is 104 Å². The van der Waals surface area contributed by atoms with E-state index in [1.54, 1.807) is 0 Å². The van der Waals surface area contributed by atoms with Gasteiger partial charge in [0.2, 0.25) is 0 Å². The molecule has 100 valence electrons. The minimum Gasteiger partial charge on any atom is -0.480 e. The molecule has 17 heavy (non-hydrogen) atoms. The molecule has 1 aliphatic rings. The molecule has 4 nitrogen and oxygen atoms in total. The molecule has 0 spiro atoms. The van der Waals surface area contributed by atoms with Gasteiger partial charge in [0.15, 0.2) is 0 Å². The number of carboxylic acid groups (broad SMARTS) is 1. The Morgan fingerprint density at radius 3 is 2.76 bits per heavy atom. The number of likely N-dealkylation sites (tertiary alicyclic amines) is 1. The SMILES string of the molecule is CC(C)CCNC1CC(C)CN(CC(=O)O)C1. The second-order valence-corrected chi connectivity index (χ2v) is 5.76. The van der Waals surface area contributed by atoms with Crippen LogP contribution in [0.4, 0.5) is 0 Å². The smallest absolute Gasteiger partial charge is 0.317 e. The largest absolute Gasteiger partial charge is 0.480 e. The zero-order valence-corrected chi connectivity index (χ0v) is 11.3. The van der Waals surface area contributed by atoms with Crippen molar-refractivity contribution in [1.82, 2.24) is 10.2 Å².